The minimum atomic E-state index is -0.134. The summed E-state index contributed by atoms with van der Waals surface area (Å²) in [5.41, 5.74) is 2.69. The van der Waals surface area contributed by atoms with Gasteiger partial charge < -0.3 is 20.5 Å². The second-order valence-corrected chi connectivity index (χ2v) is 8.72. The van der Waals surface area contributed by atoms with Crippen molar-refractivity contribution in [1.29, 1.82) is 0 Å². The van der Waals surface area contributed by atoms with Crippen LogP contribution in [0.25, 0.3) is 10.9 Å². The van der Waals surface area contributed by atoms with E-state index in [-0.39, 0.29) is 30.3 Å². The van der Waals surface area contributed by atoms with Crippen molar-refractivity contribution in [3.63, 3.8) is 0 Å². The van der Waals surface area contributed by atoms with Crippen LogP contribution in [-0.4, -0.2) is 71.3 Å². The Morgan fingerprint density at radius 3 is 2.48 bits per heavy atom. The van der Waals surface area contributed by atoms with Crippen molar-refractivity contribution in [3.8, 4) is 0 Å². The fraction of sp³-hybridized carbons (Fsp3) is 0.320. The van der Waals surface area contributed by atoms with Gasteiger partial charge in [0.25, 0.3) is 11.8 Å². The van der Waals surface area contributed by atoms with E-state index in [2.05, 4.69) is 15.6 Å². The predicted molar refractivity (Wildman–Crippen MR) is 126 cm³/mol. The predicted octanol–water partition coefficient (Wildman–Crippen LogP) is 2.46. The molecule has 5 rings (SSSR count). The lowest BCUT2D eigenvalue weighted by molar-refractivity contribution is -0.117. The van der Waals surface area contributed by atoms with Crippen LogP contribution in [0.15, 0.2) is 54.6 Å². The number of hydrogen-bond donors (Lipinski definition) is 3. The second-order valence-electron chi connectivity index (χ2n) is 8.72. The first kappa shape index (κ1) is 21.2. The quantitative estimate of drug-likeness (QED) is 0.543. The van der Waals surface area contributed by atoms with Crippen LogP contribution in [-0.2, 0) is 4.79 Å². The Balaban J connectivity index is 1.11. The van der Waals surface area contributed by atoms with Crippen LogP contribution >= 0.6 is 0 Å². The van der Waals surface area contributed by atoms with Gasteiger partial charge in [-0.15, -0.1) is 0 Å². The number of para-hydroxylation sites is 1. The summed E-state index contributed by atoms with van der Waals surface area (Å²) in [7, 11) is 0. The van der Waals surface area contributed by atoms with E-state index in [0.717, 1.165) is 23.7 Å². The van der Waals surface area contributed by atoms with Gasteiger partial charge in [-0.3, -0.25) is 19.3 Å². The first-order chi connectivity index (χ1) is 16.0. The first-order valence-electron chi connectivity index (χ1n) is 11.4. The molecule has 1 aliphatic carbocycles. The number of hydrogen-bond acceptors (Lipinski definition) is 4. The number of aromatic nitrogens is 1. The van der Waals surface area contributed by atoms with Crippen molar-refractivity contribution in [2.45, 2.75) is 18.9 Å². The molecule has 0 atom stereocenters. The van der Waals surface area contributed by atoms with E-state index in [9.17, 15) is 14.4 Å². The summed E-state index contributed by atoms with van der Waals surface area (Å²) >= 11 is 0. The Kier molecular flexibility index (Phi) is 5.83. The van der Waals surface area contributed by atoms with Crippen LogP contribution in [0.3, 0.4) is 0 Å². The lowest BCUT2D eigenvalue weighted by Crippen LogP contribution is -2.50. The van der Waals surface area contributed by atoms with Gasteiger partial charge in [0, 0.05) is 54.4 Å². The molecule has 2 heterocycles. The average Bonchev–Trinajstić information content (AvgIpc) is 3.53. The van der Waals surface area contributed by atoms with Crippen LogP contribution < -0.4 is 10.6 Å². The van der Waals surface area contributed by atoms with Crippen molar-refractivity contribution in [2.75, 3.05) is 38.0 Å². The van der Waals surface area contributed by atoms with Crippen LogP contribution in [0.4, 0.5) is 5.69 Å². The summed E-state index contributed by atoms with van der Waals surface area (Å²) in [5, 5.41) is 6.86. The molecule has 170 valence electrons. The minimum absolute atomic E-state index is 0.0170. The van der Waals surface area contributed by atoms with Gasteiger partial charge in [0.2, 0.25) is 5.91 Å². The minimum Gasteiger partial charge on any atom is -0.351 e. The van der Waals surface area contributed by atoms with E-state index in [0.29, 0.717) is 43.1 Å². The second kappa shape index (κ2) is 9.07. The van der Waals surface area contributed by atoms with Crippen molar-refractivity contribution < 1.29 is 14.4 Å². The number of aromatic amines is 1. The Bertz CT molecular complexity index is 1160. The van der Waals surface area contributed by atoms with E-state index in [4.69, 9.17) is 0 Å². The molecule has 8 nitrogen and oxygen atoms in total. The zero-order chi connectivity index (χ0) is 22.8. The highest BCUT2D eigenvalue weighted by atomic mass is 16.2. The van der Waals surface area contributed by atoms with Crippen molar-refractivity contribution in [2.24, 2.45) is 0 Å². The molecule has 8 heteroatoms. The SMILES string of the molecule is O=C(CN1CCN(C(=O)c2cc3ccccc3[nH]2)CC1)Nc1cccc(C(=O)NC2CC2)c1. The number of rotatable bonds is 6. The van der Waals surface area contributed by atoms with Gasteiger partial charge in [0.1, 0.15) is 5.69 Å². The maximum absolute atomic E-state index is 12.9. The molecule has 0 bridgehead atoms. The molecule has 2 aliphatic rings. The van der Waals surface area contributed by atoms with Gasteiger partial charge in [0.15, 0.2) is 0 Å². The number of amides is 3. The highest BCUT2D eigenvalue weighted by molar-refractivity contribution is 5.99. The molecule has 33 heavy (non-hydrogen) atoms. The Morgan fingerprint density at radius 1 is 0.939 bits per heavy atom. The molecule has 0 unspecified atom stereocenters. The summed E-state index contributed by atoms with van der Waals surface area (Å²) < 4.78 is 0. The average molecular weight is 446 g/mol. The third-order valence-electron chi connectivity index (χ3n) is 6.11. The number of carbonyl (C=O) groups is 3. The number of H-pyrrole nitrogens is 1. The molecular weight excluding hydrogens is 418 g/mol. The van der Waals surface area contributed by atoms with Gasteiger partial charge in [-0.2, -0.15) is 0 Å². The highest BCUT2D eigenvalue weighted by Crippen LogP contribution is 2.20. The smallest absolute Gasteiger partial charge is 0.270 e. The monoisotopic (exact) mass is 445 g/mol. The van der Waals surface area contributed by atoms with E-state index in [1.807, 2.05) is 40.1 Å². The molecule has 1 aromatic heterocycles. The number of piperazine rings is 1. The topological polar surface area (TPSA) is 97.5 Å². The largest absolute Gasteiger partial charge is 0.351 e. The molecule has 1 aliphatic heterocycles. The highest BCUT2D eigenvalue weighted by Gasteiger charge is 2.25. The number of anilines is 1. The standard InChI is InChI=1S/C25H27N5O3/c31-23(26-20-6-3-5-18(14-20)24(32)27-19-8-9-19)16-29-10-12-30(13-11-29)25(33)22-15-17-4-1-2-7-21(17)28-22/h1-7,14-15,19,28H,8-13,16H2,(H,26,31)(H,27,32). The van der Waals surface area contributed by atoms with Crippen LogP contribution in [0.2, 0.25) is 0 Å². The van der Waals surface area contributed by atoms with E-state index < -0.39 is 0 Å². The first-order valence-corrected chi connectivity index (χ1v) is 11.4. The number of nitrogens with one attached hydrogen (secondary N) is 3. The summed E-state index contributed by atoms with van der Waals surface area (Å²) in [5.74, 6) is -0.258. The lowest BCUT2D eigenvalue weighted by atomic mass is 10.2. The van der Waals surface area contributed by atoms with Crippen LogP contribution in [0.1, 0.15) is 33.7 Å². The Morgan fingerprint density at radius 2 is 1.73 bits per heavy atom. The zero-order valence-electron chi connectivity index (χ0n) is 18.3. The fourth-order valence-electron chi connectivity index (χ4n) is 4.11. The molecule has 3 amide bonds. The lowest BCUT2D eigenvalue weighted by Gasteiger charge is -2.34. The van der Waals surface area contributed by atoms with Crippen molar-refractivity contribution in [1.82, 2.24) is 20.1 Å². The number of benzene rings is 2. The van der Waals surface area contributed by atoms with Crippen LogP contribution in [0, 0.1) is 0 Å². The van der Waals surface area contributed by atoms with Gasteiger partial charge in [-0.1, -0.05) is 24.3 Å². The maximum atomic E-state index is 12.9. The third-order valence-corrected chi connectivity index (χ3v) is 6.11. The number of fused-ring (bicyclic) bond motifs is 1. The molecular formula is C25H27N5O3. The van der Waals surface area contributed by atoms with Gasteiger partial charge in [-0.05, 0) is 43.2 Å². The number of nitrogens with zero attached hydrogens (tertiary/aromatic N) is 2. The fourth-order valence-corrected chi connectivity index (χ4v) is 4.11. The van der Waals surface area contributed by atoms with Crippen molar-refractivity contribution in [3.05, 3.63) is 65.9 Å². The van der Waals surface area contributed by atoms with Gasteiger partial charge in [-0.25, -0.2) is 0 Å². The molecule has 1 saturated carbocycles. The summed E-state index contributed by atoms with van der Waals surface area (Å²) in [6, 6.07) is 17.0. The van der Waals surface area contributed by atoms with Crippen LogP contribution in [0.5, 0.6) is 0 Å². The van der Waals surface area contributed by atoms with E-state index in [1.54, 1.807) is 24.3 Å². The Labute approximate surface area is 191 Å². The maximum Gasteiger partial charge on any atom is 0.270 e. The summed E-state index contributed by atoms with van der Waals surface area (Å²) in [4.78, 5) is 44.7. The van der Waals surface area contributed by atoms with Gasteiger partial charge in [0.05, 0.1) is 6.54 Å². The molecule has 3 N–H and O–H groups in total. The molecule has 1 saturated heterocycles. The van der Waals surface area contributed by atoms with E-state index >= 15 is 0 Å². The molecule has 0 radical (unpaired) electrons. The third kappa shape index (κ3) is 5.06. The molecule has 2 aromatic carbocycles. The zero-order valence-corrected chi connectivity index (χ0v) is 18.3. The normalized spacial score (nSPS) is 16.5. The number of carbonyl (C=O) groups excluding carboxylic acids is 3. The van der Waals surface area contributed by atoms with Gasteiger partial charge >= 0.3 is 0 Å². The van der Waals surface area contributed by atoms with E-state index in [1.165, 1.54) is 0 Å². The summed E-state index contributed by atoms with van der Waals surface area (Å²) in [6.45, 7) is 2.63. The van der Waals surface area contributed by atoms with Crippen molar-refractivity contribution >= 4 is 34.3 Å². The molecule has 2 fully saturated rings. The summed E-state index contributed by atoms with van der Waals surface area (Å²) in [6.07, 6.45) is 2.06. The molecule has 0 spiro atoms. The molecule has 3 aromatic rings. The Hall–Kier alpha value is -3.65.